The lowest BCUT2D eigenvalue weighted by Crippen LogP contribution is -2.52. The molecule has 0 amide bonds. The van der Waals surface area contributed by atoms with Gasteiger partial charge in [0.15, 0.2) is 0 Å². The Morgan fingerprint density at radius 3 is 2.05 bits per heavy atom. The molecule has 0 bridgehead atoms. The van der Waals surface area contributed by atoms with E-state index in [0.29, 0.717) is 13.0 Å². The Kier molecular flexibility index (Phi) is 9.47. The maximum absolute atomic E-state index is 12.3. The smallest absolute Gasteiger partial charge is 0.374 e. The molecular weight excluding hydrogens is 267 g/mol. The molecule has 0 aliphatic heterocycles. The standard InChI is InChI=1S/C15H30F3NO/c1-5-12-19-13(10-9-11-15(16,17)18)14(6-2,7-3)20-8-4/h13,19H,5-12H2,1-4H3. The van der Waals surface area contributed by atoms with E-state index in [0.717, 1.165) is 25.8 Å². The van der Waals surface area contributed by atoms with Crippen LogP contribution < -0.4 is 5.32 Å². The third-order valence-corrected chi connectivity index (χ3v) is 3.86. The Morgan fingerprint density at radius 2 is 1.65 bits per heavy atom. The van der Waals surface area contributed by atoms with E-state index in [1.54, 1.807) is 0 Å². The molecule has 5 heteroatoms. The first kappa shape index (κ1) is 19.7. The van der Waals surface area contributed by atoms with Gasteiger partial charge in [0.2, 0.25) is 0 Å². The van der Waals surface area contributed by atoms with Crippen LogP contribution in [0.15, 0.2) is 0 Å². The second-order valence-electron chi connectivity index (χ2n) is 5.22. The molecule has 0 aromatic rings. The van der Waals surface area contributed by atoms with Crippen LogP contribution in [0.4, 0.5) is 13.2 Å². The molecule has 20 heavy (non-hydrogen) atoms. The van der Waals surface area contributed by atoms with Crippen LogP contribution >= 0.6 is 0 Å². The van der Waals surface area contributed by atoms with Crippen LogP contribution in [0.1, 0.15) is 66.2 Å². The van der Waals surface area contributed by atoms with Gasteiger partial charge in [0.1, 0.15) is 0 Å². The van der Waals surface area contributed by atoms with Gasteiger partial charge in [0.05, 0.1) is 5.60 Å². The monoisotopic (exact) mass is 297 g/mol. The zero-order valence-electron chi connectivity index (χ0n) is 13.3. The molecule has 2 nitrogen and oxygen atoms in total. The number of alkyl halides is 3. The van der Waals surface area contributed by atoms with Gasteiger partial charge >= 0.3 is 6.18 Å². The first-order chi connectivity index (χ1) is 9.35. The van der Waals surface area contributed by atoms with E-state index in [9.17, 15) is 13.2 Å². The highest BCUT2D eigenvalue weighted by atomic mass is 19.4. The predicted molar refractivity (Wildman–Crippen MR) is 76.9 cm³/mol. The minimum atomic E-state index is -4.07. The third-order valence-electron chi connectivity index (χ3n) is 3.86. The van der Waals surface area contributed by atoms with Gasteiger partial charge in [-0.3, -0.25) is 0 Å². The molecule has 0 radical (unpaired) electrons. The minimum absolute atomic E-state index is 0.0141. The van der Waals surface area contributed by atoms with Gasteiger partial charge in [0, 0.05) is 19.1 Å². The Balaban J connectivity index is 4.72. The average molecular weight is 297 g/mol. The molecule has 0 aliphatic rings. The average Bonchev–Trinajstić information content (AvgIpc) is 2.39. The summed E-state index contributed by atoms with van der Waals surface area (Å²) >= 11 is 0. The molecule has 0 aromatic heterocycles. The van der Waals surface area contributed by atoms with Gasteiger partial charge in [0.25, 0.3) is 0 Å². The molecule has 0 aliphatic carbocycles. The highest BCUT2D eigenvalue weighted by molar-refractivity contribution is 4.91. The van der Waals surface area contributed by atoms with Crippen molar-refractivity contribution in [3.8, 4) is 0 Å². The maximum atomic E-state index is 12.3. The molecule has 1 atom stereocenters. The summed E-state index contributed by atoms with van der Waals surface area (Å²) in [6.45, 7) is 9.48. The highest BCUT2D eigenvalue weighted by Crippen LogP contribution is 2.30. The molecule has 0 spiro atoms. The summed E-state index contributed by atoms with van der Waals surface area (Å²) in [4.78, 5) is 0. The van der Waals surface area contributed by atoms with Crippen molar-refractivity contribution in [2.45, 2.75) is 84.0 Å². The molecule has 0 rings (SSSR count). The zero-order valence-corrected chi connectivity index (χ0v) is 13.3. The van der Waals surface area contributed by atoms with E-state index in [1.165, 1.54) is 0 Å². The van der Waals surface area contributed by atoms with E-state index in [2.05, 4.69) is 12.2 Å². The van der Waals surface area contributed by atoms with Gasteiger partial charge in [-0.05, 0) is 45.6 Å². The first-order valence-electron chi connectivity index (χ1n) is 7.79. The second-order valence-corrected chi connectivity index (χ2v) is 5.22. The molecule has 0 saturated carbocycles. The van der Waals surface area contributed by atoms with Crippen LogP contribution in [0.3, 0.4) is 0 Å². The second kappa shape index (κ2) is 9.61. The summed E-state index contributed by atoms with van der Waals surface area (Å²) < 4.78 is 42.9. The van der Waals surface area contributed by atoms with Crippen molar-refractivity contribution in [2.24, 2.45) is 0 Å². The maximum Gasteiger partial charge on any atom is 0.389 e. The summed E-state index contributed by atoms with van der Waals surface area (Å²) in [6, 6.07) is -0.0141. The topological polar surface area (TPSA) is 21.3 Å². The van der Waals surface area contributed by atoms with Gasteiger partial charge in [-0.25, -0.2) is 0 Å². The third kappa shape index (κ3) is 6.93. The molecule has 1 unspecified atom stereocenters. The van der Waals surface area contributed by atoms with Crippen LogP contribution in [-0.4, -0.2) is 31.0 Å². The summed E-state index contributed by atoms with van der Waals surface area (Å²) in [5.41, 5.74) is -0.352. The molecule has 122 valence electrons. The highest BCUT2D eigenvalue weighted by Gasteiger charge is 2.36. The number of hydrogen-bond donors (Lipinski definition) is 1. The minimum Gasteiger partial charge on any atom is -0.374 e. The van der Waals surface area contributed by atoms with Crippen LogP contribution in [0, 0.1) is 0 Å². The van der Waals surface area contributed by atoms with Crippen molar-refractivity contribution >= 4 is 0 Å². The van der Waals surface area contributed by atoms with E-state index in [-0.39, 0.29) is 18.1 Å². The van der Waals surface area contributed by atoms with Crippen molar-refractivity contribution in [3.63, 3.8) is 0 Å². The fourth-order valence-electron chi connectivity index (χ4n) is 2.71. The fraction of sp³-hybridized carbons (Fsp3) is 1.00. The zero-order chi connectivity index (χ0) is 15.6. The largest absolute Gasteiger partial charge is 0.389 e. The van der Waals surface area contributed by atoms with Gasteiger partial charge < -0.3 is 10.1 Å². The van der Waals surface area contributed by atoms with Crippen molar-refractivity contribution in [1.29, 1.82) is 0 Å². The molecule has 0 saturated heterocycles. The SMILES string of the molecule is CCCNC(CCCC(F)(F)F)C(CC)(CC)OCC. The molecule has 0 aromatic carbocycles. The van der Waals surface area contributed by atoms with E-state index in [4.69, 9.17) is 4.74 Å². The van der Waals surface area contributed by atoms with E-state index < -0.39 is 12.6 Å². The molecular formula is C15H30F3NO. The number of hydrogen-bond acceptors (Lipinski definition) is 2. The number of rotatable bonds is 11. The Bertz CT molecular complexity index is 240. The van der Waals surface area contributed by atoms with E-state index in [1.807, 2.05) is 20.8 Å². The van der Waals surface area contributed by atoms with Crippen molar-refractivity contribution < 1.29 is 17.9 Å². The lowest BCUT2D eigenvalue weighted by Gasteiger charge is -2.40. The summed E-state index contributed by atoms with van der Waals surface area (Å²) in [5, 5.41) is 3.39. The van der Waals surface area contributed by atoms with Crippen LogP contribution in [0.5, 0.6) is 0 Å². The predicted octanol–water partition coefficient (Wildman–Crippen LogP) is 4.68. The van der Waals surface area contributed by atoms with E-state index >= 15 is 0 Å². The van der Waals surface area contributed by atoms with Gasteiger partial charge in [-0.1, -0.05) is 20.8 Å². The first-order valence-corrected chi connectivity index (χ1v) is 7.79. The van der Waals surface area contributed by atoms with Crippen LogP contribution in [0.2, 0.25) is 0 Å². The lowest BCUT2D eigenvalue weighted by molar-refractivity contribution is -0.137. The summed E-state index contributed by atoms with van der Waals surface area (Å²) in [7, 11) is 0. The summed E-state index contributed by atoms with van der Waals surface area (Å²) in [6.07, 6.45) is -1.54. The Morgan fingerprint density at radius 1 is 1.05 bits per heavy atom. The summed E-state index contributed by atoms with van der Waals surface area (Å²) in [5.74, 6) is 0. The Labute approximate surface area is 121 Å². The molecule has 0 heterocycles. The molecule has 1 N–H and O–H groups in total. The number of halogens is 3. The number of nitrogens with one attached hydrogen (secondary N) is 1. The van der Waals surface area contributed by atoms with Gasteiger partial charge in [-0.2, -0.15) is 13.2 Å². The Hall–Kier alpha value is -0.290. The molecule has 0 fully saturated rings. The van der Waals surface area contributed by atoms with Crippen molar-refractivity contribution in [1.82, 2.24) is 5.32 Å². The van der Waals surface area contributed by atoms with Gasteiger partial charge in [-0.15, -0.1) is 0 Å². The van der Waals surface area contributed by atoms with Crippen LogP contribution in [0.25, 0.3) is 0 Å². The number of ether oxygens (including phenoxy) is 1. The van der Waals surface area contributed by atoms with Crippen molar-refractivity contribution in [2.75, 3.05) is 13.2 Å². The van der Waals surface area contributed by atoms with Crippen molar-refractivity contribution in [3.05, 3.63) is 0 Å². The lowest BCUT2D eigenvalue weighted by atomic mass is 9.85. The van der Waals surface area contributed by atoms with Crippen LogP contribution in [-0.2, 0) is 4.74 Å². The normalized spacial score (nSPS) is 14.6. The fourth-order valence-corrected chi connectivity index (χ4v) is 2.71. The quantitative estimate of drug-likeness (QED) is 0.598.